The van der Waals surface area contributed by atoms with Crippen LogP contribution in [0.5, 0.6) is 0 Å². The molecule has 0 aliphatic carbocycles. The van der Waals surface area contributed by atoms with Gasteiger partial charge in [-0.25, -0.2) is 4.98 Å². The second kappa shape index (κ2) is 3.30. The number of aryl methyl sites for hydroxylation is 1. The van der Waals surface area contributed by atoms with Crippen molar-refractivity contribution < 1.29 is 4.79 Å². The number of carbonyl (C=O) groups excluding carboxylic acids is 1. The first-order chi connectivity index (χ1) is 5.22. The Balaban J connectivity index is 2.57. The van der Waals surface area contributed by atoms with Gasteiger partial charge in [0.1, 0.15) is 6.29 Å². The number of nitrogens with two attached hydrogens (primary N) is 1. The normalized spacial score (nSPS) is 12.9. The van der Waals surface area contributed by atoms with Crippen LogP contribution in [-0.4, -0.2) is 21.9 Å². The van der Waals surface area contributed by atoms with Gasteiger partial charge in [-0.05, 0) is 0 Å². The molecule has 11 heavy (non-hydrogen) atoms. The Morgan fingerprint density at radius 3 is 3.09 bits per heavy atom. The van der Waals surface area contributed by atoms with E-state index in [1.54, 1.807) is 6.33 Å². The minimum atomic E-state index is -0.426. The zero-order valence-corrected chi connectivity index (χ0v) is 6.40. The average molecular weight is 153 g/mol. The number of hydrogen-bond donors (Lipinski definition) is 1. The van der Waals surface area contributed by atoms with Crippen LogP contribution < -0.4 is 5.73 Å². The zero-order chi connectivity index (χ0) is 8.27. The van der Waals surface area contributed by atoms with Crippen LogP contribution in [0.1, 0.15) is 5.69 Å². The summed E-state index contributed by atoms with van der Waals surface area (Å²) < 4.78 is 1.83. The van der Waals surface area contributed by atoms with E-state index in [0.29, 0.717) is 6.42 Å². The minimum Gasteiger partial charge on any atom is -0.340 e. The van der Waals surface area contributed by atoms with E-state index in [0.717, 1.165) is 12.0 Å². The van der Waals surface area contributed by atoms with Gasteiger partial charge in [-0.3, -0.25) is 0 Å². The van der Waals surface area contributed by atoms with Crippen LogP contribution in [0.2, 0.25) is 0 Å². The van der Waals surface area contributed by atoms with Crippen LogP contribution in [0.25, 0.3) is 0 Å². The highest BCUT2D eigenvalue weighted by molar-refractivity contribution is 5.57. The van der Waals surface area contributed by atoms with Crippen LogP contribution in [0.15, 0.2) is 12.5 Å². The van der Waals surface area contributed by atoms with Gasteiger partial charge >= 0.3 is 0 Å². The molecule has 1 atom stereocenters. The Hall–Kier alpha value is -1.16. The predicted molar refractivity (Wildman–Crippen MR) is 41.0 cm³/mol. The van der Waals surface area contributed by atoms with Crippen molar-refractivity contribution in [3.8, 4) is 0 Å². The summed E-state index contributed by atoms with van der Waals surface area (Å²) in [6.45, 7) is 0. The fourth-order valence-corrected chi connectivity index (χ4v) is 0.862. The van der Waals surface area contributed by atoms with Crippen molar-refractivity contribution in [2.24, 2.45) is 12.8 Å². The Labute approximate surface area is 65.0 Å². The summed E-state index contributed by atoms with van der Waals surface area (Å²) in [6, 6.07) is -0.426. The van der Waals surface area contributed by atoms with Crippen molar-refractivity contribution in [2.45, 2.75) is 12.5 Å². The summed E-state index contributed by atoms with van der Waals surface area (Å²) in [5.74, 6) is 0. The molecule has 0 aliphatic rings. The van der Waals surface area contributed by atoms with Gasteiger partial charge in [-0.15, -0.1) is 0 Å². The van der Waals surface area contributed by atoms with Crippen LogP contribution in [0.4, 0.5) is 0 Å². The van der Waals surface area contributed by atoms with E-state index in [1.807, 2.05) is 17.8 Å². The van der Waals surface area contributed by atoms with Crippen LogP contribution in [-0.2, 0) is 18.3 Å². The van der Waals surface area contributed by atoms with E-state index in [2.05, 4.69) is 4.98 Å². The quantitative estimate of drug-likeness (QED) is 0.595. The van der Waals surface area contributed by atoms with E-state index in [-0.39, 0.29) is 0 Å². The zero-order valence-electron chi connectivity index (χ0n) is 6.40. The highest BCUT2D eigenvalue weighted by atomic mass is 16.1. The summed E-state index contributed by atoms with van der Waals surface area (Å²) in [7, 11) is 1.88. The van der Waals surface area contributed by atoms with E-state index in [4.69, 9.17) is 5.73 Å². The van der Waals surface area contributed by atoms with E-state index >= 15 is 0 Å². The third-order valence-corrected chi connectivity index (χ3v) is 1.38. The summed E-state index contributed by atoms with van der Waals surface area (Å²) in [6.07, 6.45) is 4.79. The summed E-state index contributed by atoms with van der Waals surface area (Å²) >= 11 is 0. The molecular formula is C7H11N3O. The number of carbonyl (C=O) groups is 1. The number of nitrogens with zero attached hydrogens (tertiary/aromatic N) is 2. The molecule has 0 fully saturated rings. The lowest BCUT2D eigenvalue weighted by Crippen LogP contribution is -2.24. The third kappa shape index (κ3) is 2.16. The molecule has 0 aromatic carbocycles. The molecule has 2 N–H and O–H groups in total. The van der Waals surface area contributed by atoms with Crippen molar-refractivity contribution in [1.29, 1.82) is 0 Å². The van der Waals surface area contributed by atoms with Gasteiger partial charge in [0.25, 0.3) is 0 Å². The average Bonchev–Trinajstić information content (AvgIpc) is 2.35. The lowest BCUT2D eigenvalue weighted by atomic mass is 10.2. The molecule has 1 aromatic heterocycles. The number of aromatic nitrogens is 2. The van der Waals surface area contributed by atoms with Crippen molar-refractivity contribution in [3.05, 3.63) is 18.2 Å². The molecule has 1 rings (SSSR count). The van der Waals surface area contributed by atoms with Crippen molar-refractivity contribution in [2.75, 3.05) is 0 Å². The lowest BCUT2D eigenvalue weighted by Gasteiger charge is -1.97. The van der Waals surface area contributed by atoms with E-state index in [1.165, 1.54) is 0 Å². The first-order valence-electron chi connectivity index (χ1n) is 3.40. The van der Waals surface area contributed by atoms with Crippen molar-refractivity contribution >= 4 is 6.29 Å². The highest BCUT2D eigenvalue weighted by Gasteiger charge is 2.03. The summed E-state index contributed by atoms with van der Waals surface area (Å²) in [5.41, 5.74) is 6.25. The van der Waals surface area contributed by atoms with Crippen LogP contribution >= 0.6 is 0 Å². The highest BCUT2D eigenvalue weighted by Crippen LogP contribution is 1.96. The second-order valence-corrected chi connectivity index (χ2v) is 2.53. The third-order valence-electron chi connectivity index (χ3n) is 1.38. The van der Waals surface area contributed by atoms with Gasteiger partial charge in [0.2, 0.25) is 0 Å². The topological polar surface area (TPSA) is 60.9 Å². The van der Waals surface area contributed by atoms with Gasteiger partial charge in [-0.1, -0.05) is 0 Å². The van der Waals surface area contributed by atoms with Gasteiger partial charge in [0.05, 0.1) is 18.1 Å². The molecule has 0 saturated heterocycles. The van der Waals surface area contributed by atoms with Crippen LogP contribution in [0.3, 0.4) is 0 Å². The molecule has 0 saturated carbocycles. The molecular weight excluding hydrogens is 142 g/mol. The Kier molecular flexibility index (Phi) is 2.38. The summed E-state index contributed by atoms with van der Waals surface area (Å²) in [5, 5.41) is 0. The standard InChI is InChI=1S/C7H11N3O/c1-10-3-7(9-5-10)2-6(8)4-11/h3-6H,2,8H2,1H3/t6-/m0/s1. The largest absolute Gasteiger partial charge is 0.340 e. The molecule has 0 radical (unpaired) electrons. The van der Waals surface area contributed by atoms with Crippen molar-refractivity contribution in [3.63, 3.8) is 0 Å². The predicted octanol–water partition coefficient (Wildman–Crippen LogP) is -0.511. The number of aldehydes is 1. The minimum absolute atomic E-state index is 0.426. The Morgan fingerprint density at radius 1 is 1.91 bits per heavy atom. The molecule has 0 bridgehead atoms. The first-order valence-corrected chi connectivity index (χ1v) is 3.40. The molecule has 0 spiro atoms. The molecule has 4 heteroatoms. The maximum absolute atomic E-state index is 10.2. The fraction of sp³-hybridized carbons (Fsp3) is 0.429. The van der Waals surface area contributed by atoms with Gasteiger partial charge in [0, 0.05) is 19.7 Å². The molecule has 60 valence electrons. The smallest absolute Gasteiger partial charge is 0.137 e. The molecule has 1 aromatic rings. The van der Waals surface area contributed by atoms with Crippen molar-refractivity contribution in [1.82, 2.24) is 9.55 Å². The Morgan fingerprint density at radius 2 is 2.64 bits per heavy atom. The van der Waals surface area contributed by atoms with Gasteiger partial charge in [-0.2, -0.15) is 0 Å². The maximum atomic E-state index is 10.2. The molecule has 0 aliphatic heterocycles. The number of rotatable bonds is 3. The van der Waals surface area contributed by atoms with Gasteiger partial charge < -0.3 is 15.1 Å². The van der Waals surface area contributed by atoms with E-state index in [9.17, 15) is 4.79 Å². The second-order valence-electron chi connectivity index (χ2n) is 2.53. The molecule has 0 amide bonds. The molecule has 4 nitrogen and oxygen atoms in total. The SMILES string of the molecule is Cn1cnc(C[C@H](N)C=O)c1. The van der Waals surface area contributed by atoms with Crippen LogP contribution in [0, 0.1) is 0 Å². The monoisotopic (exact) mass is 153 g/mol. The van der Waals surface area contributed by atoms with Gasteiger partial charge in [0.15, 0.2) is 0 Å². The van der Waals surface area contributed by atoms with E-state index < -0.39 is 6.04 Å². The maximum Gasteiger partial charge on any atom is 0.137 e. The first kappa shape index (κ1) is 7.94. The fourth-order valence-electron chi connectivity index (χ4n) is 0.862. The molecule has 1 heterocycles. The summed E-state index contributed by atoms with van der Waals surface area (Å²) in [4.78, 5) is 14.2. The number of imidazole rings is 1. The lowest BCUT2D eigenvalue weighted by molar-refractivity contribution is -0.108. The molecule has 0 unspecified atom stereocenters. The number of hydrogen-bond acceptors (Lipinski definition) is 3. The Bertz CT molecular complexity index is 244.